The average molecular weight is 458 g/mol. The fourth-order valence-electron chi connectivity index (χ4n) is 3.87. The molecular formula is C26H20FN3O2S. The van der Waals surface area contributed by atoms with E-state index in [0.717, 1.165) is 11.2 Å². The van der Waals surface area contributed by atoms with Crippen LogP contribution in [0.2, 0.25) is 0 Å². The molecule has 0 fully saturated rings. The number of carbonyl (C=O) groups is 1. The van der Waals surface area contributed by atoms with Crippen LogP contribution in [0.25, 0.3) is 16.6 Å². The van der Waals surface area contributed by atoms with E-state index < -0.39 is 6.04 Å². The van der Waals surface area contributed by atoms with E-state index in [2.05, 4.69) is 10.4 Å². The third kappa shape index (κ3) is 3.99. The van der Waals surface area contributed by atoms with Gasteiger partial charge in [0.2, 0.25) is 0 Å². The van der Waals surface area contributed by atoms with Crippen molar-refractivity contribution >= 4 is 28.3 Å². The Balaban J connectivity index is 1.62. The monoisotopic (exact) mass is 457 g/mol. The Morgan fingerprint density at radius 2 is 1.88 bits per heavy atom. The molecule has 0 saturated carbocycles. The second-order valence-corrected chi connectivity index (χ2v) is 8.21. The van der Waals surface area contributed by atoms with Crippen molar-refractivity contribution in [1.29, 1.82) is 0 Å². The van der Waals surface area contributed by atoms with Crippen molar-refractivity contribution in [3.63, 3.8) is 0 Å². The van der Waals surface area contributed by atoms with E-state index in [1.807, 2.05) is 53.9 Å². The summed E-state index contributed by atoms with van der Waals surface area (Å²) in [7, 11) is 1.60. The quantitative estimate of drug-likeness (QED) is 0.294. The minimum atomic E-state index is -0.763. The first-order valence-electron chi connectivity index (χ1n) is 10.3. The van der Waals surface area contributed by atoms with Crippen LogP contribution >= 0.6 is 11.3 Å². The number of carbonyl (C=O) groups excluding carboxylic acids is 1. The Bertz CT molecular complexity index is 1440. The molecule has 0 amide bonds. The van der Waals surface area contributed by atoms with Gasteiger partial charge in [0, 0.05) is 40.0 Å². The van der Waals surface area contributed by atoms with Crippen molar-refractivity contribution in [1.82, 2.24) is 9.61 Å². The van der Waals surface area contributed by atoms with Crippen LogP contribution in [0, 0.1) is 5.82 Å². The molecule has 0 aliphatic heterocycles. The number of methoxy groups -OCH3 is 1. The molecule has 1 atom stereocenters. The molecule has 33 heavy (non-hydrogen) atoms. The highest BCUT2D eigenvalue weighted by Gasteiger charge is 2.28. The maximum atomic E-state index is 14.6. The lowest BCUT2D eigenvalue weighted by atomic mass is 9.96. The van der Waals surface area contributed by atoms with E-state index in [1.54, 1.807) is 41.4 Å². The van der Waals surface area contributed by atoms with E-state index in [9.17, 15) is 9.18 Å². The van der Waals surface area contributed by atoms with E-state index in [4.69, 9.17) is 4.74 Å². The number of hydrogen-bond donors (Lipinski definition) is 1. The molecule has 3 heterocycles. The van der Waals surface area contributed by atoms with Gasteiger partial charge in [0.1, 0.15) is 17.6 Å². The fraction of sp³-hybridized carbons (Fsp3) is 0.0769. The summed E-state index contributed by atoms with van der Waals surface area (Å²) in [5.74, 6) is 0.128. The van der Waals surface area contributed by atoms with Crippen molar-refractivity contribution in [2.75, 3.05) is 12.4 Å². The molecule has 5 nitrogen and oxygen atoms in total. The van der Waals surface area contributed by atoms with Crippen molar-refractivity contribution in [2.45, 2.75) is 6.04 Å². The van der Waals surface area contributed by atoms with Crippen LogP contribution in [-0.4, -0.2) is 22.5 Å². The molecule has 0 aliphatic carbocycles. The van der Waals surface area contributed by atoms with Gasteiger partial charge in [0.05, 0.1) is 18.3 Å². The largest absolute Gasteiger partial charge is 0.497 e. The zero-order valence-electron chi connectivity index (χ0n) is 17.7. The van der Waals surface area contributed by atoms with E-state index in [-0.39, 0.29) is 11.6 Å². The summed E-state index contributed by atoms with van der Waals surface area (Å²) < 4.78 is 21.6. The standard InChI is InChI=1S/C26H20FN3O2S/c1-32-19-8-4-6-17(14-19)29-25(24-11-5-7-18-12-13-28-30(18)24)26(31)22-16-33-15-21(22)20-9-2-3-10-23(20)27/h2-16,25,29H,1H3. The van der Waals surface area contributed by atoms with Gasteiger partial charge in [-0.15, -0.1) is 0 Å². The summed E-state index contributed by atoms with van der Waals surface area (Å²) in [6.07, 6.45) is 1.70. The number of anilines is 1. The van der Waals surface area contributed by atoms with Gasteiger partial charge in [-0.2, -0.15) is 16.4 Å². The number of halogens is 1. The number of hydrogen-bond acceptors (Lipinski definition) is 5. The predicted molar refractivity (Wildman–Crippen MR) is 129 cm³/mol. The van der Waals surface area contributed by atoms with E-state index >= 15 is 0 Å². The van der Waals surface area contributed by atoms with Crippen LogP contribution < -0.4 is 10.1 Å². The van der Waals surface area contributed by atoms with Gasteiger partial charge in [0.15, 0.2) is 5.78 Å². The van der Waals surface area contributed by atoms with Gasteiger partial charge < -0.3 is 10.1 Å². The second kappa shape index (κ2) is 8.88. The number of nitrogens with one attached hydrogen (secondary N) is 1. The van der Waals surface area contributed by atoms with Gasteiger partial charge in [-0.25, -0.2) is 8.91 Å². The first kappa shape index (κ1) is 20.9. The van der Waals surface area contributed by atoms with E-state index in [0.29, 0.717) is 28.1 Å². The van der Waals surface area contributed by atoms with Crippen LogP contribution in [0.3, 0.4) is 0 Å². The van der Waals surface area contributed by atoms with Crippen molar-refractivity contribution in [3.8, 4) is 16.9 Å². The Hall–Kier alpha value is -3.97. The van der Waals surface area contributed by atoms with Crippen LogP contribution in [0.15, 0.2) is 89.8 Å². The highest BCUT2D eigenvalue weighted by Crippen LogP contribution is 2.34. The Morgan fingerprint density at radius 3 is 2.73 bits per heavy atom. The lowest BCUT2D eigenvalue weighted by Crippen LogP contribution is -2.24. The number of benzene rings is 2. The number of Topliss-reactive ketones (excluding diaryl/α,β-unsaturated/α-hetero) is 1. The summed E-state index contributed by atoms with van der Waals surface area (Å²) in [5, 5.41) is 11.3. The lowest BCUT2D eigenvalue weighted by molar-refractivity contribution is 0.0968. The van der Waals surface area contributed by atoms with Gasteiger partial charge in [-0.3, -0.25) is 4.79 Å². The molecule has 1 unspecified atom stereocenters. The first-order chi connectivity index (χ1) is 16.2. The van der Waals surface area contributed by atoms with Crippen LogP contribution in [-0.2, 0) is 0 Å². The van der Waals surface area contributed by atoms with Gasteiger partial charge in [0.25, 0.3) is 0 Å². The number of nitrogens with zero attached hydrogens (tertiary/aromatic N) is 2. The minimum Gasteiger partial charge on any atom is -0.497 e. The molecule has 2 aromatic carbocycles. The summed E-state index contributed by atoms with van der Waals surface area (Å²) in [6.45, 7) is 0. The minimum absolute atomic E-state index is 0.180. The van der Waals surface area contributed by atoms with Crippen LogP contribution in [0.4, 0.5) is 10.1 Å². The Morgan fingerprint density at radius 1 is 1.03 bits per heavy atom. The van der Waals surface area contributed by atoms with Crippen molar-refractivity contribution in [3.05, 3.63) is 107 Å². The Labute approximate surface area is 194 Å². The first-order valence-corrected chi connectivity index (χ1v) is 11.3. The van der Waals surface area contributed by atoms with Crippen molar-refractivity contribution < 1.29 is 13.9 Å². The molecule has 164 valence electrons. The summed E-state index contributed by atoms with van der Waals surface area (Å²) in [5.41, 5.74) is 3.70. The normalized spacial score (nSPS) is 11.9. The van der Waals surface area contributed by atoms with Gasteiger partial charge in [-0.05, 0) is 41.8 Å². The number of ether oxygens (including phenoxy) is 1. The highest BCUT2D eigenvalue weighted by atomic mass is 32.1. The predicted octanol–water partition coefficient (Wildman–Crippen LogP) is 6.25. The molecule has 1 N–H and O–H groups in total. The second-order valence-electron chi connectivity index (χ2n) is 7.47. The number of ketones is 1. The van der Waals surface area contributed by atoms with E-state index in [1.165, 1.54) is 17.4 Å². The smallest absolute Gasteiger partial charge is 0.192 e. The third-order valence-corrected chi connectivity index (χ3v) is 6.22. The number of fused-ring (bicyclic) bond motifs is 1. The molecule has 5 aromatic rings. The third-order valence-electron chi connectivity index (χ3n) is 5.48. The number of thiophene rings is 1. The van der Waals surface area contributed by atoms with Crippen molar-refractivity contribution in [2.24, 2.45) is 0 Å². The fourth-order valence-corrected chi connectivity index (χ4v) is 4.71. The molecule has 0 bridgehead atoms. The zero-order chi connectivity index (χ0) is 22.8. The molecule has 0 spiro atoms. The SMILES string of the molecule is COc1cccc(NC(C(=O)c2cscc2-c2ccccc2F)c2cccc3ccnn23)c1. The maximum Gasteiger partial charge on any atom is 0.192 e. The molecule has 0 saturated heterocycles. The van der Waals surface area contributed by atoms with Gasteiger partial charge in [-0.1, -0.05) is 30.3 Å². The number of rotatable bonds is 7. The maximum absolute atomic E-state index is 14.6. The molecule has 3 aromatic heterocycles. The summed E-state index contributed by atoms with van der Waals surface area (Å²) in [4.78, 5) is 14.0. The molecule has 5 rings (SSSR count). The highest BCUT2D eigenvalue weighted by molar-refractivity contribution is 7.08. The van der Waals surface area contributed by atoms with Gasteiger partial charge >= 0.3 is 0 Å². The summed E-state index contributed by atoms with van der Waals surface area (Å²) in [6, 6.07) is 20.7. The zero-order valence-corrected chi connectivity index (χ0v) is 18.6. The average Bonchev–Trinajstić information content (AvgIpc) is 3.52. The number of pyridine rings is 1. The molecule has 0 radical (unpaired) electrons. The topological polar surface area (TPSA) is 55.6 Å². The van der Waals surface area contributed by atoms with Crippen LogP contribution in [0.1, 0.15) is 22.1 Å². The number of aromatic nitrogens is 2. The molecule has 7 heteroatoms. The molecule has 0 aliphatic rings. The lowest BCUT2D eigenvalue weighted by Gasteiger charge is -2.21. The van der Waals surface area contributed by atoms with Crippen LogP contribution in [0.5, 0.6) is 5.75 Å². The summed E-state index contributed by atoms with van der Waals surface area (Å²) >= 11 is 1.37. The Kier molecular flexibility index (Phi) is 5.62. The molecular weight excluding hydrogens is 437 g/mol.